The summed E-state index contributed by atoms with van der Waals surface area (Å²) in [6.07, 6.45) is 3.01. The first kappa shape index (κ1) is 15.3. The number of ether oxygens (including phenoxy) is 1. The Bertz CT molecular complexity index is 908. The zero-order chi connectivity index (χ0) is 16.8. The lowest BCUT2D eigenvalue weighted by atomic mass is 10.1. The van der Waals surface area contributed by atoms with Gasteiger partial charge in [-0.1, -0.05) is 30.0 Å². The summed E-state index contributed by atoms with van der Waals surface area (Å²) in [5, 5.41) is 0. The summed E-state index contributed by atoms with van der Waals surface area (Å²) in [7, 11) is 0. The van der Waals surface area contributed by atoms with Crippen molar-refractivity contribution in [1.29, 1.82) is 0 Å². The number of nitrogens with two attached hydrogens (primary N) is 1. The number of benzene rings is 2. The molecule has 0 atom stereocenters. The average molecular weight is 314 g/mol. The van der Waals surface area contributed by atoms with Crippen LogP contribution in [0.3, 0.4) is 0 Å². The molecular weight excluding hydrogens is 300 g/mol. The summed E-state index contributed by atoms with van der Waals surface area (Å²) in [4.78, 5) is 15.1. The van der Waals surface area contributed by atoms with E-state index < -0.39 is 5.91 Å². The van der Waals surface area contributed by atoms with Gasteiger partial charge >= 0.3 is 0 Å². The molecule has 0 spiro atoms. The Hall–Kier alpha value is -3.58. The second-order valence-electron chi connectivity index (χ2n) is 5.02. The third-order valence-corrected chi connectivity index (χ3v) is 3.21. The van der Waals surface area contributed by atoms with Crippen LogP contribution in [0.1, 0.15) is 21.5 Å². The van der Waals surface area contributed by atoms with Gasteiger partial charge < -0.3 is 10.5 Å². The second-order valence-corrected chi connectivity index (χ2v) is 5.02. The van der Waals surface area contributed by atoms with Crippen LogP contribution >= 0.6 is 0 Å². The van der Waals surface area contributed by atoms with Gasteiger partial charge in [0.05, 0.1) is 5.56 Å². The predicted molar refractivity (Wildman–Crippen MR) is 91.7 cm³/mol. The summed E-state index contributed by atoms with van der Waals surface area (Å²) in [5.41, 5.74) is 7.04. The molecule has 116 valence electrons. The molecule has 0 aliphatic carbocycles. The van der Waals surface area contributed by atoms with Crippen molar-refractivity contribution in [2.75, 3.05) is 0 Å². The fourth-order valence-corrected chi connectivity index (χ4v) is 2.02. The molecule has 1 heterocycles. The van der Waals surface area contributed by atoms with Crippen molar-refractivity contribution in [1.82, 2.24) is 4.98 Å². The molecule has 0 aliphatic heterocycles. The zero-order valence-corrected chi connectivity index (χ0v) is 12.8. The average Bonchev–Trinajstić information content (AvgIpc) is 2.62. The van der Waals surface area contributed by atoms with E-state index in [2.05, 4.69) is 16.8 Å². The third-order valence-electron chi connectivity index (χ3n) is 3.21. The Labute approximate surface area is 139 Å². The first-order valence-corrected chi connectivity index (χ1v) is 7.30. The molecule has 0 radical (unpaired) electrons. The van der Waals surface area contributed by atoms with Gasteiger partial charge in [-0.15, -0.1) is 0 Å². The molecule has 4 heteroatoms. The normalized spacial score (nSPS) is 9.67. The zero-order valence-electron chi connectivity index (χ0n) is 12.8. The Morgan fingerprint density at radius 2 is 1.54 bits per heavy atom. The van der Waals surface area contributed by atoms with Crippen LogP contribution in [-0.4, -0.2) is 10.9 Å². The van der Waals surface area contributed by atoms with Gasteiger partial charge in [-0.3, -0.25) is 9.78 Å². The molecule has 0 aliphatic rings. The lowest BCUT2D eigenvalue weighted by molar-refractivity contribution is 0.1000. The van der Waals surface area contributed by atoms with Gasteiger partial charge in [0, 0.05) is 23.5 Å². The minimum Gasteiger partial charge on any atom is -0.457 e. The van der Waals surface area contributed by atoms with Crippen molar-refractivity contribution in [2.24, 2.45) is 5.73 Å². The van der Waals surface area contributed by atoms with E-state index in [4.69, 9.17) is 10.5 Å². The van der Waals surface area contributed by atoms with E-state index >= 15 is 0 Å². The van der Waals surface area contributed by atoms with Crippen molar-refractivity contribution in [3.63, 3.8) is 0 Å². The topological polar surface area (TPSA) is 65.2 Å². The first-order chi connectivity index (χ1) is 11.7. The number of aromatic nitrogens is 1. The number of hydrogen-bond donors (Lipinski definition) is 1. The summed E-state index contributed by atoms with van der Waals surface area (Å²) >= 11 is 0. The summed E-state index contributed by atoms with van der Waals surface area (Å²) in [6, 6.07) is 18.6. The molecule has 0 saturated heterocycles. The number of carbonyl (C=O) groups excluding carboxylic acids is 1. The lowest BCUT2D eigenvalue weighted by Crippen LogP contribution is -2.11. The van der Waals surface area contributed by atoms with E-state index in [0.717, 1.165) is 17.1 Å². The largest absolute Gasteiger partial charge is 0.457 e. The van der Waals surface area contributed by atoms with Crippen molar-refractivity contribution in [2.45, 2.75) is 0 Å². The van der Waals surface area contributed by atoms with Crippen molar-refractivity contribution < 1.29 is 9.53 Å². The second kappa shape index (κ2) is 7.12. The summed E-state index contributed by atoms with van der Waals surface area (Å²) in [5.74, 6) is 6.99. The Balaban J connectivity index is 1.73. The van der Waals surface area contributed by atoms with Gasteiger partial charge in [-0.05, 0) is 42.5 Å². The van der Waals surface area contributed by atoms with Crippen LogP contribution in [0.5, 0.6) is 11.5 Å². The number of para-hydroxylation sites is 1. The van der Waals surface area contributed by atoms with Gasteiger partial charge in [0.2, 0.25) is 5.91 Å². The Morgan fingerprint density at radius 3 is 2.25 bits per heavy atom. The minimum absolute atomic E-state index is 0.341. The molecule has 2 N–H and O–H groups in total. The minimum atomic E-state index is -0.520. The van der Waals surface area contributed by atoms with Crippen LogP contribution in [0.2, 0.25) is 0 Å². The van der Waals surface area contributed by atoms with E-state index in [1.807, 2.05) is 54.6 Å². The fraction of sp³-hybridized carbons (Fsp3) is 0. The highest BCUT2D eigenvalue weighted by molar-refractivity contribution is 5.92. The van der Waals surface area contributed by atoms with Gasteiger partial charge in [0.1, 0.15) is 11.5 Å². The van der Waals surface area contributed by atoms with Crippen molar-refractivity contribution in [3.8, 4) is 23.3 Å². The molecule has 2 aromatic carbocycles. The SMILES string of the molecule is NC(=O)c1cncc(C#Cc2ccc(Oc3ccccc3)cc2)c1. The van der Waals surface area contributed by atoms with E-state index in [9.17, 15) is 4.79 Å². The van der Waals surface area contributed by atoms with Gasteiger partial charge in [-0.25, -0.2) is 0 Å². The molecule has 3 aromatic rings. The molecule has 0 saturated carbocycles. The van der Waals surface area contributed by atoms with Crippen LogP contribution in [0.4, 0.5) is 0 Å². The maximum absolute atomic E-state index is 11.1. The summed E-state index contributed by atoms with van der Waals surface area (Å²) < 4.78 is 5.73. The van der Waals surface area contributed by atoms with E-state index in [-0.39, 0.29) is 0 Å². The smallest absolute Gasteiger partial charge is 0.250 e. The van der Waals surface area contributed by atoms with E-state index in [1.54, 1.807) is 12.3 Å². The summed E-state index contributed by atoms with van der Waals surface area (Å²) in [6.45, 7) is 0. The molecule has 3 rings (SSSR count). The third kappa shape index (κ3) is 3.99. The monoisotopic (exact) mass is 314 g/mol. The number of primary amides is 1. The standard InChI is InChI=1S/C20H14N2O2/c21-20(23)17-12-16(13-22-14-17)7-6-15-8-10-19(11-9-15)24-18-4-2-1-3-5-18/h1-5,8-14H,(H2,21,23). The fourth-order valence-electron chi connectivity index (χ4n) is 2.02. The molecule has 4 nitrogen and oxygen atoms in total. The van der Waals surface area contributed by atoms with Crippen LogP contribution < -0.4 is 10.5 Å². The van der Waals surface area contributed by atoms with E-state index in [0.29, 0.717) is 11.1 Å². The number of rotatable bonds is 3. The molecule has 1 aromatic heterocycles. The molecule has 1 amide bonds. The number of pyridine rings is 1. The molecular formula is C20H14N2O2. The number of carbonyl (C=O) groups is 1. The quantitative estimate of drug-likeness (QED) is 0.754. The van der Waals surface area contributed by atoms with Gasteiger partial charge in [0.15, 0.2) is 0 Å². The highest BCUT2D eigenvalue weighted by Crippen LogP contribution is 2.20. The van der Waals surface area contributed by atoms with Crippen molar-refractivity contribution in [3.05, 3.63) is 89.7 Å². The first-order valence-electron chi connectivity index (χ1n) is 7.30. The van der Waals surface area contributed by atoms with Crippen LogP contribution in [0.15, 0.2) is 73.1 Å². The Morgan fingerprint density at radius 1 is 0.875 bits per heavy atom. The molecule has 24 heavy (non-hydrogen) atoms. The number of nitrogens with zero attached hydrogens (tertiary/aromatic N) is 1. The number of hydrogen-bond acceptors (Lipinski definition) is 3. The van der Waals surface area contributed by atoms with Gasteiger partial charge in [-0.2, -0.15) is 0 Å². The van der Waals surface area contributed by atoms with E-state index in [1.165, 1.54) is 6.20 Å². The predicted octanol–water partition coefficient (Wildman–Crippen LogP) is 3.37. The highest BCUT2D eigenvalue weighted by atomic mass is 16.5. The van der Waals surface area contributed by atoms with Crippen LogP contribution in [-0.2, 0) is 0 Å². The maximum atomic E-state index is 11.1. The van der Waals surface area contributed by atoms with Crippen LogP contribution in [0, 0.1) is 11.8 Å². The molecule has 0 bridgehead atoms. The molecule has 0 unspecified atom stereocenters. The lowest BCUT2D eigenvalue weighted by Gasteiger charge is -2.04. The molecule has 0 fully saturated rings. The highest BCUT2D eigenvalue weighted by Gasteiger charge is 2.00. The number of amides is 1. The van der Waals surface area contributed by atoms with Crippen molar-refractivity contribution >= 4 is 5.91 Å². The van der Waals surface area contributed by atoms with Crippen LogP contribution in [0.25, 0.3) is 0 Å². The maximum Gasteiger partial charge on any atom is 0.250 e. The van der Waals surface area contributed by atoms with Gasteiger partial charge in [0.25, 0.3) is 0 Å². The Kier molecular flexibility index (Phi) is 4.55.